The molecular weight excluding hydrogens is 363 g/mol. The summed E-state index contributed by atoms with van der Waals surface area (Å²) in [5.41, 5.74) is 1.61. The van der Waals surface area contributed by atoms with Crippen molar-refractivity contribution in [3.05, 3.63) is 53.8 Å². The molecule has 0 aromatic heterocycles. The molecule has 1 saturated heterocycles. The Morgan fingerprint density at radius 1 is 1.14 bits per heavy atom. The van der Waals surface area contributed by atoms with E-state index < -0.39 is 5.92 Å². The highest BCUT2D eigenvalue weighted by atomic mass is 19.1. The summed E-state index contributed by atoms with van der Waals surface area (Å²) in [7, 11) is 3.16. The van der Waals surface area contributed by atoms with Crippen LogP contribution in [0.25, 0.3) is 0 Å². The molecule has 0 spiro atoms. The largest absolute Gasteiger partial charge is 0.493 e. The van der Waals surface area contributed by atoms with Gasteiger partial charge in [-0.15, -0.1) is 0 Å². The number of carbonyl (C=O) groups is 2. The molecule has 1 fully saturated rings. The van der Waals surface area contributed by atoms with Crippen molar-refractivity contribution < 1.29 is 23.5 Å². The van der Waals surface area contributed by atoms with E-state index in [-0.39, 0.29) is 24.1 Å². The predicted octanol–water partition coefficient (Wildman–Crippen LogP) is 2.55. The molecule has 0 saturated carbocycles. The summed E-state index contributed by atoms with van der Waals surface area (Å²) in [6, 6.07) is 11.3. The molecule has 0 unspecified atom stereocenters. The van der Waals surface area contributed by atoms with Crippen LogP contribution in [-0.2, 0) is 16.0 Å². The van der Waals surface area contributed by atoms with E-state index >= 15 is 0 Å². The van der Waals surface area contributed by atoms with E-state index in [9.17, 15) is 14.0 Å². The van der Waals surface area contributed by atoms with Gasteiger partial charge >= 0.3 is 0 Å². The molecule has 1 heterocycles. The topological polar surface area (TPSA) is 67.9 Å². The summed E-state index contributed by atoms with van der Waals surface area (Å²) >= 11 is 0. The van der Waals surface area contributed by atoms with Crippen LogP contribution in [0.15, 0.2) is 42.5 Å². The average molecular weight is 386 g/mol. The van der Waals surface area contributed by atoms with Crippen LogP contribution < -0.4 is 19.7 Å². The number of carbonyl (C=O) groups excluding carboxylic acids is 2. The lowest BCUT2D eigenvalue weighted by molar-refractivity contribution is -0.126. The minimum Gasteiger partial charge on any atom is -0.493 e. The lowest BCUT2D eigenvalue weighted by Crippen LogP contribution is -2.34. The molecule has 0 aliphatic carbocycles. The Hall–Kier alpha value is -3.09. The Bertz CT molecular complexity index is 854. The van der Waals surface area contributed by atoms with Gasteiger partial charge in [0.15, 0.2) is 11.5 Å². The number of methoxy groups -OCH3 is 2. The number of hydrogen-bond donors (Lipinski definition) is 1. The number of halogens is 1. The van der Waals surface area contributed by atoms with Crippen LogP contribution >= 0.6 is 0 Å². The quantitative estimate of drug-likeness (QED) is 0.794. The maximum Gasteiger partial charge on any atom is 0.227 e. The fraction of sp³-hybridized carbons (Fsp3) is 0.333. The van der Waals surface area contributed by atoms with Crippen molar-refractivity contribution in [1.82, 2.24) is 5.32 Å². The number of benzene rings is 2. The molecule has 1 aliphatic rings. The monoisotopic (exact) mass is 386 g/mol. The fourth-order valence-corrected chi connectivity index (χ4v) is 3.26. The lowest BCUT2D eigenvalue weighted by atomic mass is 10.1. The third-order valence-corrected chi connectivity index (χ3v) is 4.79. The summed E-state index contributed by atoms with van der Waals surface area (Å²) in [4.78, 5) is 26.2. The molecule has 0 radical (unpaired) electrons. The fourth-order valence-electron chi connectivity index (χ4n) is 3.26. The standard InChI is InChI=1S/C21H23FN2O4/c1-27-18-8-3-14(11-19(18)28-2)9-10-23-21(26)15-12-20(25)24(13-15)17-6-4-16(22)5-7-17/h3-8,11,15H,9-10,12-13H2,1-2H3,(H,23,26)/t15-/m1/s1. The summed E-state index contributed by atoms with van der Waals surface area (Å²) in [6.45, 7) is 0.752. The first-order valence-electron chi connectivity index (χ1n) is 9.06. The van der Waals surface area contributed by atoms with Crippen molar-refractivity contribution in [1.29, 1.82) is 0 Å². The first-order chi connectivity index (χ1) is 13.5. The Kier molecular flexibility index (Phi) is 6.13. The van der Waals surface area contributed by atoms with Gasteiger partial charge in [0, 0.05) is 25.2 Å². The van der Waals surface area contributed by atoms with Gasteiger partial charge in [0.25, 0.3) is 0 Å². The summed E-state index contributed by atoms with van der Waals surface area (Å²) in [5.74, 6) is 0.233. The van der Waals surface area contributed by atoms with Gasteiger partial charge in [0.2, 0.25) is 11.8 Å². The molecule has 0 bridgehead atoms. The lowest BCUT2D eigenvalue weighted by Gasteiger charge is -2.16. The molecule has 1 aliphatic heterocycles. The predicted molar refractivity (Wildman–Crippen MR) is 103 cm³/mol. The van der Waals surface area contributed by atoms with Gasteiger partial charge in [-0.25, -0.2) is 4.39 Å². The van der Waals surface area contributed by atoms with Crippen LogP contribution in [0.5, 0.6) is 11.5 Å². The molecular formula is C21H23FN2O4. The van der Waals surface area contributed by atoms with Crippen molar-refractivity contribution in [3.8, 4) is 11.5 Å². The zero-order chi connectivity index (χ0) is 20.1. The number of ether oxygens (including phenoxy) is 2. The van der Waals surface area contributed by atoms with E-state index in [0.29, 0.717) is 36.7 Å². The highest BCUT2D eigenvalue weighted by Crippen LogP contribution is 2.28. The highest BCUT2D eigenvalue weighted by molar-refractivity contribution is 6.00. The van der Waals surface area contributed by atoms with E-state index in [2.05, 4.69) is 5.32 Å². The third kappa shape index (κ3) is 4.42. The molecule has 2 aromatic carbocycles. The van der Waals surface area contributed by atoms with Crippen LogP contribution in [0.3, 0.4) is 0 Å². The van der Waals surface area contributed by atoms with E-state index in [1.54, 1.807) is 26.4 Å². The van der Waals surface area contributed by atoms with Gasteiger partial charge in [-0.1, -0.05) is 6.07 Å². The summed E-state index contributed by atoms with van der Waals surface area (Å²) in [6.07, 6.45) is 0.786. The Morgan fingerprint density at radius 3 is 2.54 bits per heavy atom. The molecule has 28 heavy (non-hydrogen) atoms. The minimum atomic E-state index is -0.414. The van der Waals surface area contributed by atoms with Crippen LogP contribution in [-0.4, -0.2) is 39.1 Å². The molecule has 2 aromatic rings. The summed E-state index contributed by atoms with van der Waals surface area (Å²) < 4.78 is 23.6. The third-order valence-electron chi connectivity index (χ3n) is 4.79. The van der Waals surface area contributed by atoms with Crippen LogP contribution in [0.2, 0.25) is 0 Å². The molecule has 1 N–H and O–H groups in total. The van der Waals surface area contributed by atoms with Crippen molar-refractivity contribution in [2.45, 2.75) is 12.8 Å². The number of nitrogens with one attached hydrogen (secondary N) is 1. The molecule has 6 nitrogen and oxygen atoms in total. The molecule has 7 heteroatoms. The van der Waals surface area contributed by atoms with E-state index in [0.717, 1.165) is 5.56 Å². The van der Waals surface area contributed by atoms with Crippen molar-refractivity contribution in [3.63, 3.8) is 0 Å². The second-order valence-electron chi connectivity index (χ2n) is 6.61. The second-order valence-corrected chi connectivity index (χ2v) is 6.61. The van der Waals surface area contributed by atoms with Gasteiger partial charge in [-0.05, 0) is 48.4 Å². The number of amides is 2. The molecule has 1 atom stereocenters. The van der Waals surface area contributed by atoms with Crippen molar-refractivity contribution in [2.75, 3.05) is 32.2 Å². The second kappa shape index (κ2) is 8.73. The maximum atomic E-state index is 13.1. The van der Waals surface area contributed by atoms with Gasteiger partial charge in [0.1, 0.15) is 5.82 Å². The normalized spacial score (nSPS) is 16.2. The van der Waals surface area contributed by atoms with Gasteiger partial charge < -0.3 is 19.7 Å². The Labute approximate surface area is 163 Å². The number of rotatable bonds is 7. The zero-order valence-corrected chi connectivity index (χ0v) is 15.9. The minimum absolute atomic E-state index is 0.133. The van der Waals surface area contributed by atoms with Crippen molar-refractivity contribution >= 4 is 17.5 Å². The number of nitrogens with zero attached hydrogens (tertiary/aromatic N) is 1. The smallest absolute Gasteiger partial charge is 0.227 e. The van der Waals surface area contributed by atoms with Crippen molar-refractivity contribution in [2.24, 2.45) is 5.92 Å². The van der Waals surface area contributed by atoms with E-state index in [4.69, 9.17) is 9.47 Å². The maximum absolute atomic E-state index is 13.1. The first kappa shape index (κ1) is 19.7. The summed E-state index contributed by atoms with van der Waals surface area (Å²) in [5, 5.41) is 2.89. The SMILES string of the molecule is COc1ccc(CCNC(=O)[C@@H]2CC(=O)N(c3ccc(F)cc3)C2)cc1OC. The number of anilines is 1. The first-order valence-corrected chi connectivity index (χ1v) is 9.06. The molecule has 2 amide bonds. The molecule has 3 rings (SSSR count). The highest BCUT2D eigenvalue weighted by Gasteiger charge is 2.34. The Balaban J connectivity index is 1.53. The van der Waals surface area contributed by atoms with Gasteiger partial charge in [-0.3, -0.25) is 9.59 Å². The van der Waals surface area contributed by atoms with Crippen LogP contribution in [0, 0.1) is 11.7 Å². The van der Waals surface area contributed by atoms with Gasteiger partial charge in [-0.2, -0.15) is 0 Å². The van der Waals surface area contributed by atoms with E-state index in [1.165, 1.54) is 17.0 Å². The number of hydrogen-bond acceptors (Lipinski definition) is 4. The average Bonchev–Trinajstić information content (AvgIpc) is 3.10. The van der Waals surface area contributed by atoms with Gasteiger partial charge in [0.05, 0.1) is 20.1 Å². The Morgan fingerprint density at radius 2 is 1.86 bits per heavy atom. The zero-order valence-electron chi connectivity index (χ0n) is 15.9. The van der Waals surface area contributed by atoms with Crippen LogP contribution in [0.4, 0.5) is 10.1 Å². The van der Waals surface area contributed by atoms with E-state index in [1.807, 2.05) is 18.2 Å². The van der Waals surface area contributed by atoms with Crippen LogP contribution in [0.1, 0.15) is 12.0 Å². The molecule has 148 valence electrons.